The van der Waals surface area contributed by atoms with Gasteiger partial charge in [0.2, 0.25) is 0 Å². The molecule has 5 heteroatoms. The van der Waals surface area contributed by atoms with E-state index in [4.69, 9.17) is 21.1 Å². The number of methoxy groups -OCH3 is 1. The first-order valence-corrected chi connectivity index (χ1v) is 6.48. The molecule has 0 bridgehead atoms. The molecule has 19 heavy (non-hydrogen) atoms. The summed E-state index contributed by atoms with van der Waals surface area (Å²) in [6, 6.07) is 4.80. The van der Waals surface area contributed by atoms with Crippen molar-refractivity contribution in [2.24, 2.45) is 0 Å². The normalized spacial score (nSPS) is 10.1. The van der Waals surface area contributed by atoms with Crippen molar-refractivity contribution < 1.29 is 19.1 Å². The highest BCUT2D eigenvalue weighted by Gasteiger charge is 2.12. The Balaban J connectivity index is 2.54. The molecule has 0 atom stereocenters. The molecule has 0 saturated heterocycles. The fourth-order valence-electron chi connectivity index (χ4n) is 1.49. The van der Waals surface area contributed by atoms with Gasteiger partial charge in [0.15, 0.2) is 5.78 Å². The van der Waals surface area contributed by atoms with E-state index in [1.165, 1.54) is 7.11 Å². The molecule has 104 valence electrons. The van der Waals surface area contributed by atoms with Crippen LogP contribution in [0.1, 0.15) is 36.5 Å². The molecule has 0 aliphatic carbocycles. The van der Waals surface area contributed by atoms with Crippen LogP contribution in [0.2, 0.25) is 5.02 Å². The number of carbonyl (C=O) groups is 2. The zero-order valence-corrected chi connectivity index (χ0v) is 11.8. The second kappa shape index (κ2) is 7.79. The molecule has 0 saturated carbocycles. The maximum atomic E-state index is 11.9. The van der Waals surface area contributed by atoms with Gasteiger partial charge in [-0.2, -0.15) is 0 Å². The number of ether oxygens (including phenoxy) is 2. The SMILES string of the molecule is CCCOC(=O)CCC(=O)c1ccc(OC)c(Cl)c1. The van der Waals surface area contributed by atoms with Crippen LogP contribution in [0.25, 0.3) is 0 Å². The second-order valence-electron chi connectivity index (χ2n) is 3.99. The standard InChI is InChI=1S/C14H17ClO4/c1-3-8-19-14(17)7-5-12(16)10-4-6-13(18-2)11(15)9-10/h4,6,9H,3,5,7-8H2,1-2H3. The van der Waals surface area contributed by atoms with Crippen molar-refractivity contribution in [1.82, 2.24) is 0 Å². The van der Waals surface area contributed by atoms with Gasteiger partial charge in [0.25, 0.3) is 0 Å². The van der Waals surface area contributed by atoms with Crippen LogP contribution in [0.5, 0.6) is 5.75 Å². The zero-order chi connectivity index (χ0) is 14.3. The van der Waals surface area contributed by atoms with E-state index in [-0.39, 0.29) is 24.6 Å². The number of benzene rings is 1. The lowest BCUT2D eigenvalue weighted by atomic mass is 10.1. The average Bonchev–Trinajstić information content (AvgIpc) is 2.42. The predicted molar refractivity (Wildman–Crippen MR) is 72.8 cm³/mol. The first kappa shape index (κ1) is 15.5. The number of halogens is 1. The summed E-state index contributed by atoms with van der Waals surface area (Å²) in [5, 5.41) is 0.377. The third-order valence-corrected chi connectivity index (χ3v) is 2.79. The van der Waals surface area contributed by atoms with Crippen LogP contribution in [0.4, 0.5) is 0 Å². The van der Waals surface area contributed by atoms with Gasteiger partial charge in [0.1, 0.15) is 5.75 Å². The monoisotopic (exact) mass is 284 g/mol. The van der Waals surface area contributed by atoms with E-state index < -0.39 is 0 Å². The summed E-state index contributed by atoms with van der Waals surface area (Å²) in [6.45, 7) is 2.30. The molecular formula is C14H17ClO4. The van der Waals surface area contributed by atoms with Gasteiger partial charge < -0.3 is 9.47 Å². The average molecular weight is 285 g/mol. The molecule has 0 radical (unpaired) electrons. The first-order valence-electron chi connectivity index (χ1n) is 6.10. The molecular weight excluding hydrogens is 268 g/mol. The molecule has 0 unspecified atom stereocenters. The lowest BCUT2D eigenvalue weighted by Crippen LogP contribution is -2.08. The van der Waals surface area contributed by atoms with E-state index in [2.05, 4.69) is 0 Å². The van der Waals surface area contributed by atoms with Crippen LogP contribution >= 0.6 is 11.6 Å². The summed E-state index contributed by atoms with van der Waals surface area (Å²) in [7, 11) is 1.51. The quantitative estimate of drug-likeness (QED) is 0.570. The van der Waals surface area contributed by atoms with Gasteiger partial charge in [-0.25, -0.2) is 0 Å². The van der Waals surface area contributed by atoms with Gasteiger partial charge in [0, 0.05) is 12.0 Å². The first-order chi connectivity index (χ1) is 9.08. The molecule has 4 nitrogen and oxygen atoms in total. The topological polar surface area (TPSA) is 52.6 Å². The van der Waals surface area contributed by atoms with Crippen LogP contribution < -0.4 is 4.74 Å². The summed E-state index contributed by atoms with van der Waals surface area (Å²) in [5.41, 5.74) is 0.467. The van der Waals surface area contributed by atoms with Gasteiger partial charge in [0.05, 0.1) is 25.2 Å². The molecule has 0 spiro atoms. The fraction of sp³-hybridized carbons (Fsp3) is 0.429. The molecule has 0 aromatic heterocycles. The van der Waals surface area contributed by atoms with E-state index in [0.29, 0.717) is 22.9 Å². The number of esters is 1. The number of rotatable bonds is 7. The highest BCUT2D eigenvalue weighted by Crippen LogP contribution is 2.25. The largest absolute Gasteiger partial charge is 0.495 e. The van der Waals surface area contributed by atoms with Crippen molar-refractivity contribution in [1.29, 1.82) is 0 Å². The Morgan fingerprint density at radius 1 is 1.26 bits per heavy atom. The molecule has 1 rings (SSSR count). The van der Waals surface area contributed by atoms with Crippen molar-refractivity contribution in [3.8, 4) is 5.75 Å². The Bertz CT molecular complexity index is 457. The zero-order valence-electron chi connectivity index (χ0n) is 11.1. The van der Waals surface area contributed by atoms with Gasteiger partial charge in [-0.3, -0.25) is 9.59 Å². The van der Waals surface area contributed by atoms with Crippen LogP contribution in [0, 0.1) is 0 Å². The van der Waals surface area contributed by atoms with Crippen molar-refractivity contribution in [2.45, 2.75) is 26.2 Å². The molecule has 0 N–H and O–H groups in total. The third kappa shape index (κ3) is 4.91. The van der Waals surface area contributed by atoms with Crippen molar-refractivity contribution in [3.63, 3.8) is 0 Å². The van der Waals surface area contributed by atoms with Gasteiger partial charge in [-0.15, -0.1) is 0 Å². The van der Waals surface area contributed by atoms with Crippen LogP contribution in [-0.4, -0.2) is 25.5 Å². The minimum atomic E-state index is -0.352. The molecule has 1 aromatic carbocycles. The van der Waals surface area contributed by atoms with Crippen molar-refractivity contribution >= 4 is 23.4 Å². The molecule has 1 aromatic rings. The Labute approximate surface area is 117 Å². The maximum Gasteiger partial charge on any atom is 0.306 e. The summed E-state index contributed by atoms with van der Waals surface area (Å²) in [4.78, 5) is 23.2. The maximum absolute atomic E-state index is 11.9. The number of hydrogen-bond acceptors (Lipinski definition) is 4. The highest BCUT2D eigenvalue weighted by molar-refractivity contribution is 6.32. The Morgan fingerprint density at radius 3 is 2.58 bits per heavy atom. The van der Waals surface area contributed by atoms with E-state index in [9.17, 15) is 9.59 Å². The van der Waals surface area contributed by atoms with Gasteiger partial charge in [-0.1, -0.05) is 18.5 Å². The van der Waals surface area contributed by atoms with Crippen LogP contribution in [0.15, 0.2) is 18.2 Å². The number of ketones is 1. The fourth-order valence-corrected chi connectivity index (χ4v) is 1.75. The van der Waals surface area contributed by atoms with E-state index >= 15 is 0 Å². The van der Waals surface area contributed by atoms with Crippen LogP contribution in [-0.2, 0) is 9.53 Å². The summed E-state index contributed by atoms with van der Waals surface area (Å²) in [6.07, 6.45) is 0.974. The van der Waals surface area contributed by atoms with Gasteiger partial charge in [-0.05, 0) is 24.6 Å². The Hall–Kier alpha value is -1.55. The predicted octanol–water partition coefficient (Wildman–Crippen LogP) is 3.26. The van der Waals surface area contributed by atoms with Gasteiger partial charge >= 0.3 is 5.97 Å². The second-order valence-corrected chi connectivity index (χ2v) is 4.40. The molecule has 0 fully saturated rings. The lowest BCUT2D eigenvalue weighted by molar-refractivity contribution is -0.143. The summed E-state index contributed by atoms with van der Waals surface area (Å²) >= 11 is 5.94. The van der Waals surface area contributed by atoms with Crippen LogP contribution in [0.3, 0.4) is 0 Å². The van der Waals surface area contributed by atoms with Crippen molar-refractivity contribution in [3.05, 3.63) is 28.8 Å². The lowest BCUT2D eigenvalue weighted by Gasteiger charge is -2.06. The third-order valence-electron chi connectivity index (χ3n) is 2.50. The van der Waals surface area contributed by atoms with E-state index in [0.717, 1.165) is 6.42 Å². The molecule has 0 aliphatic rings. The summed E-state index contributed by atoms with van der Waals surface area (Å²) in [5.74, 6) is 0.0217. The molecule has 0 heterocycles. The molecule has 0 aliphatic heterocycles. The Morgan fingerprint density at radius 2 is 2.00 bits per heavy atom. The smallest absolute Gasteiger partial charge is 0.306 e. The molecule has 0 amide bonds. The minimum Gasteiger partial charge on any atom is -0.495 e. The summed E-state index contributed by atoms with van der Waals surface area (Å²) < 4.78 is 9.91. The Kier molecular flexibility index (Phi) is 6.36. The highest BCUT2D eigenvalue weighted by atomic mass is 35.5. The number of hydrogen-bond donors (Lipinski definition) is 0. The number of Topliss-reactive ketones (excluding diaryl/α,β-unsaturated/α-hetero) is 1. The number of carbonyl (C=O) groups excluding carboxylic acids is 2. The van der Waals surface area contributed by atoms with E-state index in [1.807, 2.05) is 6.92 Å². The minimum absolute atomic E-state index is 0.0858. The van der Waals surface area contributed by atoms with E-state index in [1.54, 1.807) is 18.2 Å². The van der Waals surface area contributed by atoms with Crippen molar-refractivity contribution in [2.75, 3.05) is 13.7 Å².